The molecule has 1 aromatic heterocycles. The standard InChI is InChI=1S/C60H39NS/c1-3-15-48-42(12-1)14-9-19-49(48)44-28-26-40(27-29-44)41-30-35-46(36-31-41)61(47-37-32-45(33-38-47)51-20-10-23-57-56-18-6-8-25-59(56)62-60(51)57)58-24-7-5-17-55(58)53-22-11-21-52-50-16-4-2-13-43(50)34-39-54(52)53/h1-39H. The van der Waals surface area contributed by atoms with E-state index in [1.54, 1.807) is 0 Å². The Morgan fingerprint density at radius 1 is 0.258 bits per heavy atom. The highest BCUT2D eigenvalue weighted by molar-refractivity contribution is 7.26. The molecule has 290 valence electrons. The summed E-state index contributed by atoms with van der Waals surface area (Å²) in [5.74, 6) is 0. The zero-order valence-corrected chi connectivity index (χ0v) is 34.7. The fraction of sp³-hybridized carbons (Fsp3) is 0. The van der Waals surface area contributed by atoms with Gasteiger partial charge in [0.05, 0.1) is 5.69 Å². The van der Waals surface area contributed by atoms with E-state index < -0.39 is 0 Å². The summed E-state index contributed by atoms with van der Waals surface area (Å²) in [6, 6.07) is 86.7. The van der Waals surface area contributed by atoms with Crippen LogP contribution < -0.4 is 4.90 Å². The number of hydrogen-bond donors (Lipinski definition) is 0. The van der Waals surface area contributed by atoms with Crippen LogP contribution in [0.1, 0.15) is 0 Å². The van der Waals surface area contributed by atoms with Gasteiger partial charge in [-0.15, -0.1) is 11.3 Å². The van der Waals surface area contributed by atoms with E-state index in [1.807, 2.05) is 11.3 Å². The van der Waals surface area contributed by atoms with Gasteiger partial charge in [-0.2, -0.15) is 0 Å². The van der Waals surface area contributed by atoms with Crippen molar-refractivity contribution >= 4 is 80.9 Å². The van der Waals surface area contributed by atoms with Gasteiger partial charge in [0, 0.05) is 37.1 Å². The van der Waals surface area contributed by atoms with Crippen LogP contribution in [0.4, 0.5) is 17.1 Å². The Morgan fingerprint density at radius 2 is 0.742 bits per heavy atom. The lowest BCUT2D eigenvalue weighted by Gasteiger charge is -2.28. The van der Waals surface area contributed by atoms with Crippen molar-refractivity contribution in [1.29, 1.82) is 0 Å². The van der Waals surface area contributed by atoms with Crippen molar-refractivity contribution in [2.75, 3.05) is 4.90 Å². The molecule has 0 aliphatic carbocycles. The predicted octanol–water partition coefficient (Wildman–Crippen LogP) is 17.7. The lowest BCUT2D eigenvalue weighted by molar-refractivity contribution is 1.28. The average Bonchev–Trinajstić information content (AvgIpc) is 3.74. The zero-order chi connectivity index (χ0) is 41.0. The summed E-state index contributed by atoms with van der Waals surface area (Å²) >= 11 is 1.88. The molecule has 12 aromatic rings. The minimum atomic E-state index is 1.10. The summed E-state index contributed by atoms with van der Waals surface area (Å²) in [4.78, 5) is 2.42. The predicted molar refractivity (Wildman–Crippen MR) is 268 cm³/mol. The summed E-state index contributed by atoms with van der Waals surface area (Å²) in [5, 5.41) is 10.2. The lowest BCUT2D eigenvalue weighted by Crippen LogP contribution is -2.11. The molecule has 12 rings (SSSR count). The highest BCUT2D eigenvalue weighted by Crippen LogP contribution is 2.45. The van der Waals surface area contributed by atoms with Crippen molar-refractivity contribution in [3.8, 4) is 44.5 Å². The molecule has 0 atom stereocenters. The summed E-state index contributed by atoms with van der Waals surface area (Å²) in [7, 11) is 0. The summed E-state index contributed by atoms with van der Waals surface area (Å²) in [6.45, 7) is 0. The van der Waals surface area contributed by atoms with Crippen LogP contribution in [0.5, 0.6) is 0 Å². The number of rotatable bonds is 7. The molecule has 1 nitrogen and oxygen atoms in total. The Bertz CT molecular complexity index is 3610. The topological polar surface area (TPSA) is 3.24 Å². The lowest BCUT2D eigenvalue weighted by atomic mass is 9.93. The molecular weight excluding hydrogens is 767 g/mol. The van der Waals surface area contributed by atoms with Crippen molar-refractivity contribution in [1.82, 2.24) is 0 Å². The van der Waals surface area contributed by atoms with Gasteiger partial charge in [0.2, 0.25) is 0 Å². The third-order valence-electron chi connectivity index (χ3n) is 12.5. The number of benzene rings is 11. The smallest absolute Gasteiger partial charge is 0.0540 e. The van der Waals surface area contributed by atoms with Gasteiger partial charge in [-0.05, 0) is 108 Å². The van der Waals surface area contributed by atoms with Crippen molar-refractivity contribution < 1.29 is 0 Å². The van der Waals surface area contributed by atoms with Crippen LogP contribution >= 0.6 is 11.3 Å². The molecule has 0 saturated heterocycles. The molecule has 62 heavy (non-hydrogen) atoms. The third-order valence-corrected chi connectivity index (χ3v) is 13.7. The molecule has 0 aliphatic rings. The molecule has 0 aliphatic heterocycles. The van der Waals surface area contributed by atoms with Crippen LogP contribution in [-0.4, -0.2) is 0 Å². The van der Waals surface area contributed by atoms with Crippen LogP contribution in [0.25, 0.3) is 97.0 Å². The quantitative estimate of drug-likeness (QED) is 0.145. The second-order valence-electron chi connectivity index (χ2n) is 16.0. The third kappa shape index (κ3) is 6.15. The fourth-order valence-corrected chi connectivity index (χ4v) is 10.7. The molecular formula is C60H39NS. The largest absolute Gasteiger partial charge is 0.310 e. The highest BCUT2D eigenvalue weighted by atomic mass is 32.1. The van der Waals surface area contributed by atoms with Crippen LogP contribution in [0.2, 0.25) is 0 Å². The van der Waals surface area contributed by atoms with Gasteiger partial charge in [0.25, 0.3) is 0 Å². The number of para-hydroxylation sites is 1. The minimum absolute atomic E-state index is 1.10. The zero-order valence-electron chi connectivity index (χ0n) is 33.9. The molecule has 0 saturated carbocycles. The van der Waals surface area contributed by atoms with E-state index in [-0.39, 0.29) is 0 Å². The Hall–Kier alpha value is -7.78. The van der Waals surface area contributed by atoms with Gasteiger partial charge in [-0.1, -0.05) is 200 Å². The molecule has 0 spiro atoms. The molecule has 1 heterocycles. The number of fused-ring (bicyclic) bond motifs is 7. The Labute approximate surface area is 365 Å². The second kappa shape index (κ2) is 15.0. The Kier molecular flexibility index (Phi) is 8.76. The normalized spacial score (nSPS) is 11.5. The van der Waals surface area contributed by atoms with Crippen LogP contribution in [-0.2, 0) is 0 Å². The Morgan fingerprint density at radius 3 is 1.52 bits per heavy atom. The first-order valence-electron chi connectivity index (χ1n) is 21.2. The van der Waals surface area contributed by atoms with E-state index in [0.717, 1.165) is 17.1 Å². The van der Waals surface area contributed by atoms with Crippen molar-refractivity contribution in [2.24, 2.45) is 0 Å². The SMILES string of the molecule is c1ccc(N(c2ccc(-c3ccc(-c4cccc5ccccc45)cc3)cc2)c2ccc(-c3cccc4c3sc3ccccc34)cc2)c(-c2cccc3c2ccc2ccccc23)c1. The number of thiophene rings is 1. The Balaban J connectivity index is 0.969. The first-order valence-corrected chi connectivity index (χ1v) is 22.1. The number of hydrogen-bond acceptors (Lipinski definition) is 2. The second-order valence-corrected chi connectivity index (χ2v) is 17.1. The molecule has 0 unspecified atom stereocenters. The van der Waals surface area contributed by atoms with E-state index in [4.69, 9.17) is 0 Å². The molecule has 0 bridgehead atoms. The summed E-state index contributed by atoms with van der Waals surface area (Å²) in [5.41, 5.74) is 13.0. The fourth-order valence-electron chi connectivity index (χ4n) is 9.49. The maximum absolute atomic E-state index is 2.42. The molecule has 0 amide bonds. The molecule has 0 N–H and O–H groups in total. The van der Waals surface area contributed by atoms with Crippen LogP contribution in [0, 0.1) is 0 Å². The van der Waals surface area contributed by atoms with E-state index in [2.05, 4.69) is 241 Å². The molecule has 2 heteroatoms. The highest BCUT2D eigenvalue weighted by Gasteiger charge is 2.20. The average molecular weight is 806 g/mol. The van der Waals surface area contributed by atoms with Gasteiger partial charge >= 0.3 is 0 Å². The van der Waals surface area contributed by atoms with Crippen molar-refractivity contribution in [3.63, 3.8) is 0 Å². The minimum Gasteiger partial charge on any atom is -0.310 e. The van der Waals surface area contributed by atoms with Gasteiger partial charge in [0.15, 0.2) is 0 Å². The number of anilines is 3. The van der Waals surface area contributed by atoms with Gasteiger partial charge in [-0.3, -0.25) is 0 Å². The van der Waals surface area contributed by atoms with E-state index in [0.29, 0.717) is 0 Å². The van der Waals surface area contributed by atoms with E-state index >= 15 is 0 Å². The first kappa shape index (κ1) is 36.1. The van der Waals surface area contributed by atoms with Crippen LogP contribution in [0.3, 0.4) is 0 Å². The maximum Gasteiger partial charge on any atom is 0.0540 e. The van der Waals surface area contributed by atoms with Crippen molar-refractivity contribution in [3.05, 3.63) is 237 Å². The monoisotopic (exact) mass is 805 g/mol. The summed E-state index contributed by atoms with van der Waals surface area (Å²) in [6.07, 6.45) is 0. The van der Waals surface area contributed by atoms with E-state index in [1.165, 1.54) is 97.0 Å². The maximum atomic E-state index is 2.42. The summed E-state index contributed by atoms with van der Waals surface area (Å²) < 4.78 is 2.65. The van der Waals surface area contributed by atoms with Crippen molar-refractivity contribution in [2.45, 2.75) is 0 Å². The van der Waals surface area contributed by atoms with Gasteiger partial charge < -0.3 is 4.90 Å². The van der Waals surface area contributed by atoms with E-state index in [9.17, 15) is 0 Å². The molecule has 0 fully saturated rings. The van der Waals surface area contributed by atoms with Crippen LogP contribution in [0.15, 0.2) is 237 Å². The molecule has 11 aromatic carbocycles. The molecule has 0 radical (unpaired) electrons. The number of nitrogens with zero attached hydrogens (tertiary/aromatic N) is 1. The first-order chi connectivity index (χ1) is 30.7. The van der Waals surface area contributed by atoms with Gasteiger partial charge in [-0.25, -0.2) is 0 Å². The van der Waals surface area contributed by atoms with Gasteiger partial charge in [0.1, 0.15) is 0 Å².